The molecule has 0 aliphatic heterocycles. The molecule has 0 bridgehead atoms. The summed E-state index contributed by atoms with van der Waals surface area (Å²) in [6, 6.07) is 5.72. The second-order valence-electron chi connectivity index (χ2n) is 6.42. The van der Waals surface area contributed by atoms with E-state index in [0.717, 1.165) is 28.3 Å². The van der Waals surface area contributed by atoms with E-state index >= 15 is 0 Å². The molecule has 0 aliphatic rings. The van der Waals surface area contributed by atoms with Crippen LogP contribution >= 0.6 is 11.3 Å². The molecule has 0 saturated heterocycles. The van der Waals surface area contributed by atoms with Crippen LogP contribution in [-0.2, 0) is 16.1 Å². The van der Waals surface area contributed by atoms with Gasteiger partial charge in [-0.1, -0.05) is 10.3 Å². The first-order chi connectivity index (χ1) is 14.0. The molecule has 0 unspecified atom stereocenters. The van der Waals surface area contributed by atoms with Crippen molar-refractivity contribution in [3.8, 4) is 17.2 Å². The fraction of sp³-hybridized carbons (Fsp3) is 0.200. The molecule has 0 amide bonds. The number of aromatic nitrogens is 4. The number of aryl methyl sites for hydroxylation is 2. The number of rotatable bonds is 6. The maximum absolute atomic E-state index is 12.1. The van der Waals surface area contributed by atoms with Crippen LogP contribution in [0.3, 0.4) is 0 Å². The summed E-state index contributed by atoms with van der Waals surface area (Å²) in [6.45, 7) is 5.67. The molecule has 4 aromatic heterocycles. The first kappa shape index (κ1) is 18.9. The SMILES string of the molecule is Cc1cc(-n2c(C)cc(/C=C/C(=O)OCc3nc(-c4ccsc4)no3)c2C)no1. The molecule has 0 aromatic carbocycles. The van der Waals surface area contributed by atoms with Crippen LogP contribution in [-0.4, -0.2) is 25.8 Å². The third-order valence-corrected chi connectivity index (χ3v) is 4.98. The zero-order valence-corrected chi connectivity index (χ0v) is 16.9. The van der Waals surface area contributed by atoms with Crippen LogP contribution in [0.15, 0.2) is 44.1 Å². The number of ether oxygens (including phenoxy) is 1. The van der Waals surface area contributed by atoms with Gasteiger partial charge in [-0.25, -0.2) is 4.79 Å². The molecular weight excluding hydrogens is 392 g/mol. The molecule has 4 aromatic rings. The van der Waals surface area contributed by atoms with Crippen molar-refractivity contribution in [1.29, 1.82) is 0 Å². The van der Waals surface area contributed by atoms with E-state index in [-0.39, 0.29) is 12.5 Å². The molecule has 4 heterocycles. The Balaban J connectivity index is 1.40. The number of nitrogens with zero attached hydrogens (tertiary/aromatic N) is 4. The number of carbonyl (C=O) groups is 1. The van der Waals surface area contributed by atoms with E-state index in [1.54, 1.807) is 17.4 Å². The highest BCUT2D eigenvalue weighted by atomic mass is 32.1. The Morgan fingerprint density at radius 3 is 2.83 bits per heavy atom. The van der Waals surface area contributed by atoms with E-state index in [9.17, 15) is 4.79 Å². The molecule has 0 spiro atoms. The minimum absolute atomic E-state index is 0.0858. The molecule has 0 atom stereocenters. The van der Waals surface area contributed by atoms with Crippen molar-refractivity contribution < 1.29 is 18.6 Å². The molecule has 0 fully saturated rings. The van der Waals surface area contributed by atoms with Gasteiger partial charge in [-0.3, -0.25) is 4.57 Å². The fourth-order valence-electron chi connectivity index (χ4n) is 2.93. The van der Waals surface area contributed by atoms with E-state index in [1.807, 2.05) is 54.3 Å². The zero-order valence-electron chi connectivity index (χ0n) is 16.1. The summed E-state index contributed by atoms with van der Waals surface area (Å²) in [4.78, 5) is 16.3. The molecule has 0 radical (unpaired) electrons. The van der Waals surface area contributed by atoms with Gasteiger partial charge in [0.05, 0.1) is 0 Å². The van der Waals surface area contributed by atoms with Crippen molar-refractivity contribution >= 4 is 23.4 Å². The summed E-state index contributed by atoms with van der Waals surface area (Å²) in [5.74, 6) is 1.66. The maximum Gasteiger partial charge on any atom is 0.331 e. The summed E-state index contributed by atoms with van der Waals surface area (Å²) in [5, 5.41) is 11.8. The third-order valence-electron chi connectivity index (χ3n) is 4.30. The Morgan fingerprint density at radius 1 is 1.24 bits per heavy atom. The van der Waals surface area contributed by atoms with Gasteiger partial charge in [0, 0.05) is 34.5 Å². The van der Waals surface area contributed by atoms with E-state index in [1.165, 1.54) is 6.08 Å². The van der Waals surface area contributed by atoms with Gasteiger partial charge >= 0.3 is 5.97 Å². The number of thiophene rings is 1. The largest absolute Gasteiger partial charge is 0.452 e. The quantitative estimate of drug-likeness (QED) is 0.346. The number of esters is 1. The first-order valence-corrected chi connectivity index (χ1v) is 9.78. The number of carbonyl (C=O) groups excluding carboxylic acids is 1. The highest BCUT2D eigenvalue weighted by Gasteiger charge is 2.13. The van der Waals surface area contributed by atoms with Gasteiger partial charge in [-0.05, 0) is 49.9 Å². The van der Waals surface area contributed by atoms with Gasteiger partial charge in [0.25, 0.3) is 5.89 Å². The van der Waals surface area contributed by atoms with Crippen LogP contribution in [0.25, 0.3) is 23.3 Å². The second kappa shape index (κ2) is 7.88. The smallest absolute Gasteiger partial charge is 0.331 e. The van der Waals surface area contributed by atoms with E-state index < -0.39 is 5.97 Å². The number of hydrogen-bond donors (Lipinski definition) is 0. The molecule has 8 nitrogen and oxygen atoms in total. The Morgan fingerprint density at radius 2 is 2.10 bits per heavy atom. The van der Waals surface area contributed by atoms with E-state index in [4.69, 9.17) is 13.8 Å². The average molecular weight is 410 g/mol. The van der Waals surface area contributed by atoms with Crippen molar-refractivity contribution in [1.82, 2.24) is 19.9 Å². The van der Waals surface area contributed by atoms with Crippen LogP contribution in [0.1, 0.15) is 28.6 Å². The van der Waals surface area contributed by atoms with Crippen molar-refractivity contribution in [2.24, 2.45) is 0 Å². The van der Waals surface area contributed by atoms with Crippen molar-refractivity contribution in [3.05, 3.63) is 63.6 Å². The summed E-state index contributed by atoms with van der Waals surface area (Å²) in [6.07, 6.45) is 3.08. The fourth-order valence-corrected chi connectivity index (χ4v) is 3.56. The summed E-state index contributed by atoms with van der Waals surface area (Å²) in [7, 11) is 0. The van der Waals surface area contributed by atoms with E-state index in [2.05, 4.69) is 15.3 Å². The molecule has 148 valence electrons. The highest BCUT2D eigenvalue weighted by molar-refractivity contribution is 7.08. The predicted octanol–water partition coefficient (Wildman–Crippen LogP) is 4.26. The Hall–Kier alpha value is -3.46. The first-order valence-electron chi connectivity index (χ1n) is 8.84. The van der Waals surface area contributed by atoms with Crippen molar-refractivity contribution in [2.45, 2.75) is 27.4 Å². The monoisotopic (exact) mass is 410 g/mol. The van der Waals surface area contributed by atoms with Gasteiger partial charge in [0.2, 0.25) is 5.82 Å². The van der Waals surface area contributed by atoms with Gasteiger partial charge in [-0.15, -0.1) is 0 Å². The van der Waals surface area contributed by atoms with Crippen LogP contribution in [0.5, 0.6) is 0 Å². The van der Waals surface area contributed by atoms with Gasteiger partial charge < -0.3 is 13.8 Å². The molecule has 9 heteroatoms. The second-order valence-corrected chi connectivity index (χ2v) is 7.20. The van der Waals surface area contributed by atoms with Crippen molar-refractivity contribution in [2.75, 3.05) is 0 Å². The molecule has 0 aliphatic carbocycles. The van der Waals surface area contributed by atoms with Crippen LogP contribution in [0.4, 0.5) is 0 Å². The topological polar surface area (TPSA) is 96.2 Å². The molecule has 4 rings (SSSR count). The standard InChI is InChI=1S/C20H18N4O4S/c1-12-8-15(14(3)24(12)17-9-13(2)27-22-17)4-5-19(25)26-10-18-21-20(23-28-18)16-6-7-29-11-16/h4-9,11H,10H2,1-3H3/b5-4+. The molecule has 29 heavy (non-hydrogen) atoms. The van der Waals surface area contributed by atoms with E-state index in [0.29, 0.717) is 11.6 Å². The van der Waals surface area contributed by atoms with Crippen LogP contribution < -0.4 is 0 Å². The molecular formula is C20H18N4O4S. The zero-order chi connectivity index (χ0) is 20.4. The lowest BCUT2D eigenvalue weighted by Crippen LogP contribution is -2.01. The molecule has 0 saturated carbocycles. The van der Waals surface area contributed by atoms with Crippen LogP contribution in [0.2, 0.25) is 0 Å². The van der Waals surface area contributed by atoms with Gasteiger partial charge in [0.15, 0.2) is 12.4 Å². The Kier molecular flexibility index (Phi) is 5.13. The maximum atomic E-state index is 12.1. The van der Waals surface area contributed by atoms with Crippen LogP contribution in [0, 0.1) is 20.8 Å². The normalized spacial score (nSPS) is 11.4. The minimum Gasteiger partial charge on any atom is -0.452 e. The Labute approximate surface area is 170 Å². The summed E-state index contributed by atoms with van der Waals surface area (Å²) in [5.41, 5.74) is 3.68. The summed E-state index contributed by atoms with van der Waals surface area (Å²) < 4.78 is 17.4. The summed E-state index contributed by atoms with van der Waals surface area (Å²) >= 11 is 1.54. The van der Waals surface area contributed by atoms with Gasteiger partial charge in [0.1, 0.15) is 5.76 Å². The Bertz CT molecular complexity index is 1170. The molecule has 0 N–H and O–H groups in total. The lowest BCUT2D eigenvalue weighted by molar-refractivity contribution is -0.139. The number of hydrogen-bond acceptors (Lipinski definition) is 8. The predicted molar refractivity (Wildman–Crippen MR) is 106 cm³/mol. The van der Waals surface area contributed by atoms with Gasteiger partial charge in [-0.2, -0.15) is 16.3 Å². The van der Waals surface area contributed by atoms with Crippen molar-refractivity contribution in [3.63, 3.8) is 0 Å². The highest BCUT2D eigenvalue weighted by Crippen LogP contribution is 2.22. The lowest BCUT2D eigenvalue weighted by Gasteiger charge is -2.03. The third kappa shape index (κ3) is 4.04. The lowest BCUT2D eigenvalue weighted by atomic mass is 10.2. The average Bonchev–Trinajstić information content (AvgIpc) is 3.46. The minimum atomic E-state index is -0.498.